The molecule has 122 valence electrons. The number of thiazole rings is 1. The van der Waals surface area contributed by atoms with Crippen molar-refractivity contribution in [2.75, 3.05) is 20.1 Å². The van der Waals surface area contributed by atoms with E-state index in [4.69, 9.17) is 0 Å². The highest BCUT2D eigenvalue weighted by Gasteiger charge is 2.44. The number of rotatable bonds is 2. The number of piperazine rings is 1. The third-order valence-corrected chi connectivity index (χ3v) is 6.04. The Bertz CT molecular complexity index is 916. The maximum atomic E-state index is 12.9. The number of amides is 1. The van der Waals surface area contributed by atoms with Gasteiger partial charge in [-0.1, -0.05) is 6.07 Å². The number of carbonyl (C=O) groups is 1. The molecule has 2 aliphatic rings. The highest BCUT2D eigenvalue weighted by Crippen LogP contribution is 2.32. The van der Waals surface area contributed by atoms with E-state index in [2.05, 4.69) is 27.1 Å². The van der Waals surface area contributed by atoms with Gasteiger partial charge in [-0.2, -0.15) is 5.10 Å². The zero-order valence-electron chi connectivity index (χ0n) is 13.3. The number of aromatic amines is 1. The van der Waals surface area contributed by atoms with Gasteiger partial charge in [0.2, 0.25) is 0 Å². The van der Waals surface area contributed by atoms with Gasteiger partial charge in [0.1, 0.15) is 5.01 Å². The molecule has 1 unspecified atom stereocenters. The van der Waals surface area contributed by atoms with Crippen LogP contribution < -0.4 is 0 Å². The molecular formula is C17H17N5OS. The molecule has 2 atom stereocenters. The quantitative estimate of drug-likeness (QED) is 0.777. The van der Waals surface area contributed by atoms with Crippen molar-refractivity contribution in [1.82, 2.24) is 25.0 Å². The van der Waals surface area contributed by atoms with E-state index >= 15 is 0 Å². The average Bonchev–Trinajstić information content (AvgIpc) is 3.35. The molecule has 2 aliphatic heterocycles. The predicted molar refractivity (Wildman–Crippen MR) is 93.1 cm³/mol. The van der Waals surface area contributed by atoms with Crippen LogP contribution in [0.2, 0.25) is 0 Å². The average molecular weight is 339 g/mol. The van der Waals surface area contributed by atoms with E-state index in [0.717, 1.165) is 41.0 Å². The van der Waals surface area contributed by atoms with Gasteiger partial charge in [0.15, 0.2) is 5.69 Å². The topological polar surface area (TPSA) is 65.1 Å². The first-order valence-corrected chi connectivity index (χ1v) is 8.98. The summed E-state index contributed by atoms with van der Waals surface area (Å²) in [5.41, 5.74) is 2.46. The second kappa shape index (κ2) is 5.12. The number of likely N-dealkylation sites (tertiary alicyclic amines) is 2. The van der Waals surface area contributed by atoms with Crippen LogP contribution in [-0.4, -0.2) is 63.1 Å². The molecule has 4 heterocycles. The first-order valence-electron chi connectivity index (χ1n) is 8.10. The zero-order chi connectivity index (χ0) is 16.3. The third kappa shape index (κ3) is 2.01. The fourth-order valence-corrected chi connectivity index (χ4v) is 4.57. The van der Waals surface area contributed by atoms with E-state index in [-0.39, 0.29) is 5.91 Å². The van der Waals surface area contributed by atoms with E-state index in [1.165, 1.54) is 0 Å². The van der Waals surface area contributed by atoms with Crippen molar-refractivity contribution in [3.05, 3.63) is 35.5 Å². The molecule has 3 aromatic rings. The zero-order valence-corrected chi connectivity index (χ0v) is 14.1. The Labute approximate surface area is 143 Å². The van der Waals surface area contributed by atoms with Crippen LogP contribution in [0.5, 0.6) is 0 Å². The van der Waals surface area contributed by atoms with E-state index in [9.17, 15) is 4.79 Å². The highest BCUT2D eigenvalue weighted by atomic mass is 32.1. The summed E-state index contributed by atoms with van der Waals surface area (Å²) in [7, 11) is 2.14. The molecule has 7 heteroatoms. The number of nitrogens with zero attached hydrogens (tertiary/aromatic N) is 4. The minimum atomic E-state index is 0.0452. The van der Waals surface area contributed by atoms with Gasteiger partial charge < -0.3 is 4.90 Å². The lowest BCUT2D eigenvalue weighted by molar-refractivity contribution is 0.0646. The molecule has 5 rings (SSSR count). The number of likely N-dealkylation sites (N-methyl/N-ethyl adjacent to an activating group) is 1. The normalized spacial score (nSPS) is 23.5. The molecule has 2 bridgehead atoms. The molecule has 0 aliphatic carbocycles. The molecule has 0 saturated carbocycles. The van der Waals surface area contributed by atoms with Crippen LogP contribution in [0, 0.1) is 0 Å². The van der Waals surface area contributed by atoms with Crippen molar-refractivity contribution in [2.45, 2.75) is 18.5 Å². The van der Waals surface area contributed by atoms with Crippen LogP contribution in [0.1, 0.15) is 16.9 Å². The van der Waals surface area contributed by atoms with Crippen molar-refractivity contribution in [1.29, 1.82) is 0 Å². The van der Waals surface area contributed by atoms with Gasteiger partial charge in [0, 0.05) is 47.7 Å². The minimum absolute atomic E-state index is 0.0452. The Morgan fingerprint density at radius 1 is 1.33 bits per heavy atom. The van der Waals surface area contributed by atoms with Gasteiger partial charge >= 0.3 is 0 Å². The largest absolute Gasteiger partial charge is 0.331 e. The summed E-state index contributed by atoms with van der Waals surface area (Å²) >= 11 is 1.60. The van der Waals surface area contributed by atoms with Gasteiger partial charge in [0.05, 0.1) is 5.52 Å². The number of benzene rings is 1. The van der Waals surface area contributed by atoms with Crippen molar-refractivity contribution in [3.63, 3.8) is 0 Å². The summed E-state index contributed by atoms with van der Waals surface area (Å²) in [6.45, 7) is 1.78. The number of H-pyrrole nitrogens is 1. The summed E-state index contributed by atoms with van der Waals surface area (Å²) in [5, 5.41) is 11.2. The lowest BCUT2D eigenvalue weighted by Crippen LogP contribution is -2.47. The number of aromatic nitrogens is 3. The van der Waals surface area contributed by atoms with Crippen LogP contribution in [0.4, 0.5) is 0 Å². The molecule has 2 saturated heterocycles. The second-order valence-corrected chi connectivity index (χ2v) is 7.50. The van der Waals surface area contributed by atoms with E-state index in [1.54, 1.807) is 17.5 Å². The Morgan fingerprint density at radius 3 is 2.96 bits per heavy atom. The fourth-order valence-electron chi connectivity index (χ4n) is 3.93. The van der Waals surface area contributed by atoms with Gasteiger partial charge in [-0.3, -0.25) is 14.8 Å². The molecule has 24 heavy (non-hydrogen) atoms. The second-order valence-electron chi connectivity index (χ2n) is 6.61. The molecule has 0 radical (unpaired) electrons. The van der Waals surface area contributed by atoms with E-state index < -0.39 is 0 Å². The molecule has 1 aromatic carbocycles. The summed E-state index contributed by atoms with van der Waals surface area (Å²) in [5.74, 6) is 0.0452. The Morgan fingerprint density at radius 2 is 2.25 bits per heavy atom. The van der Waals surface area contributed by atoms with E-state index in [1.807, 2.05) is 28.5 Å². The molecule has 1 N–H and O–H groups in total. The first-order chi connectivity index (χ1) is 11.7. The Hall–Kier alpha value is -2.25. The van der Waals surface area contributed by atoms with Crippen LogP contribution in [-0.2, 0) is 0 Å². The van der Waals surface area contributed by atoms with Crippen LogP contribution in [0.25, 0.3) is 21.5 Å². The Balaban J connectivity index is 1.48. The number of fused-ring (bicyclic) bond motifs is 3. The summed E-state index contributed by atoms with van der Waals surface area (Å²) in [6, 6.07) is 6.83. The third-order valence-electron chi connectivity index (χ3n) is 5.22. The van der Waals surface area contributed by atoms with Crippen molar-refractivity contribution >= 4 is 28.1 Å². The lowest BCUT2D eigenvalue weighted by atomic mass is 10.1. The summed E-state index contributed by atoms with van der Waals surface area (Å²) in [6.07, 6.45) is 2.88. The van der Waals surface area contributed by atoms with Crippen LogP contribution in [0.3, 0.4) is 0 Å². The predicted octanol–water partition coefficient (Wildman–Crippen LogP) is 2.21. The number of hydrogen-bond acceptors (Lipinski definition) is 5. The first kappa shape index (κ1) is 14.1. The summed E-state index contributed by atoms with van der Waals surface area (Å²) in [4.78, 5) is 21.6. The maximum absolute atomic E-state index is 12.9. The molecule has 6 nitrogen and oxygen atoms in total. The van der Waals surface area contributed by atoms with Crippen LogP contribution >= 0.6 is 11.3 Å². The smallest absolute Gasteiger partial charge is 0.275 e. The van der Waals surface area contributed by atoms with Crippen LogP contribution in [0.15, 0.2) is 29.8 Å². The standard InChI is InChI=1S/C17H17N5OS/c1-21-8-12-7-11(21)9-22(12)17(23)15-13-3-2-10(6-14(13)19-20-15)16-18-4-5-24-16/h2-6,11-12H,7-9H2,1H3,(H,19,20)/t11-,12?/m0/s1. The molecule has 0 spiro atoms. The van der Waals surface area contributed by atoms with Gasteiger partial charge in [-0.15, -0.1) is 11.3 Å². The minimum Gasteiger partial charge on any atom is -0.331 e. The molecule has 2 fully saturated rings. The van der Waals surface area contributed by atoms with Gasteiger partial charge in [-0.25, -0.2) is 4.98 Å². The number of carbonyl (C=O) groups excluding carboxylic acids is 1. The monoisotopic (exact) mass is 339 g/mol. The van der Waals surface area contributed by atoms with Crippen molar-refractivity contribution in [2.24, 2.45) is 0 Å². The molecule has 2 aromatic heterocycles. The SMILES string of the molecule is CN1CC2C[C@H]1CN2C(=O)c1n[nH]c2cc(-c3nccs3)ccc12. The lowest BCUT2D eigenvalue weighted by Gasteiger charge is -2.31. The highest BCUT2D eigenvalue weighted by molar-refractivity contribution is 7.13. The van der Waals surface area contributed by atoms with Crippen molar-refractivity contribution in [3.8, 4) is 10.6 Å². The van der Waals surface area contributed by atoms with Crippen molar-refractivity contribution < 1.29 is 4.79 Å². The van der Waals surface area contributed by atoms with E-state index in [0.29, 0.717) is 17.8 Å². The summed E-state index contributed by atoms with van der Waals surface area (Å²) < 4.78 is 0. The number of nitrogens with one attached hydrogen (secondary N) is 1. The fraction of sp³-hybridized carbons (Fsp3) is 0.353. The Kier molecular flexibility index (Phi) is 3.01. The molecular weight excluding hydrogens is 322 g/mol. The van der Waals surface area contributed by atoms with Gasteiger partial charge in [0.25, 0.3) is 5.91 Å². The number of hydrogen-bond donors (Lipinski definition) is 1. The molecule has 1 amide bonds. The maximum Gasteiger partial charge on any atom is 0.275 e. The van der Waals surface area contributed by atoms with Gasteiger partial charge in [-0.05, 0) is 25.6 Å².